The minimum atomic E-state index is -6.09. The predicted octanol–water partition coefficient (Wildman–Crippen LogP) is 0.0830. The van der Waals surface area contributed by atoms with Crippen molar-refractivity contribution in [1.29, 1.82) is 0 Å². The van der Waals surface area contributed by atoms with Gasteiger partial charge in [0.25, 0.3) is 3.57 Å². The standard InChI is InChI=1S/C13H11INO2.CHF3O3S/c1-10-6-5-9-12(15(16)17)13(10)14-11-7-3-2-4-8-11;2-1(3,4)8(5,6)7/h2-9H,1H3;(H,5,6,7)/q+1;/p-1. The van der Waals surface area contributed by atoms with Crippen LogP contribution in [0.2, 0.25) is 0 Å². The maximum atomic E-state index is 11.0. The number of hydrogen-bond acceptors (Lipinski definition) is 5. The highest BCUT2D eigenvalue weighted by Crippen LogP contribution is 2.20. The highest BCUT2D eigenvalue weighted by molar-refractivity contribution is 7.86. The average molecular weight is 489 g/mol. The molecule has 0 aromatic heterocycles. The Balaban J connectivity index is 0.000000333. The number of hydrogen-bond donors (Lipinski definition) is 0. The molecule has 11 heteroatoms. The van der Waals surface area contributed by atoms with Crippen LogP contribution in [0.15, 0.2) is 48.5 Å². The molecule has 25 heavy (non-hydrogen) atoms. The Morgan fingerprint density at radius 3 is 2.00 bits per heavy atom. The predicted molar refractivity (Wildman–Crippen MR) is 77.4 cm³/mol. The molecule has 0 heterocycles. The van der Waals surface area contributed by atoms with Crippen LogP contribution in [-0.4, -0.2) is 23.4 Å². The summed E-state index contributed by atoms with van der Waals surface area (Å²) in [7, 11) is -6.09. The Labute approximate surface area is 151 Å². The topological polar surface area (TPSA) is 100 Å². The molecule has 0 fully saturated rings. The number of nitrogens with zero attached hydrogens (tertiary/aromatic N) is 1. The van der Waals surface area contributed by atoms with Crippen molar-refractivity contribution in [2.75, 3.05) is 0 Å². The smallest absolute Gasteiger partial charge is 0.485 e. The van der Waals surface area contributed by atoms with Crippen LogP contribution in [0.5, 0.6) is 0 Å². The van der Waals surface area contributed by atoms with Gasteiger partial charge in [-0.2, -0.15) is 13.2 Å². The lowest BCUT2D eigenvalue weighted by Gasteiger charge is -2.08. The van der Waals surface area contributed by atoms with Gasteiger partial charge in [0.2, 0.25) is 0 Å². The summed E-state index contributed by atoms with van der Waals surface area (Å²) < 4.78 is 61.0. The van der Waals surface area contributed by atoms with Gasteiger partial charge in [0, 0.05) is 11.6 Å². The van der Waals surface area contributed by atoms with Crippen molar-refractivity contribution < 1.29 is 52.3 Å². The zero-order valence-corrected chi connectivity index (χ0v) is 15.5. The molecule has 0 saturated carbocycles. The number of benzene rings is 2. The van der Waals surface area contributed by atoms with Gasteiger partial charge in [0.15, 0.2) is 13.7 Å². The molecule has 2 aromatic rings. The summed E-state index contributed by atoms with van der Waals surface area (Å²) in [5.74, 6) is 0. The molecule has 0 unspecified atom stereocenters. The van der Waals surface area contributed by atoms with E-state index >= 15 is 0 Å². The highest BCUT2D eigenvalue weighted by Gasteiger charge is 2.37. The highest BCUT2D eigenvalue weighted by atomic mass is 127. The first-order valence-corrected chi connectivity index (χ1v) is 9.96. The fourth-order valence-corrected chi connectivity index (χ4v) is 4.14. The van der Waals surface area contributed by atoms with Crippen LogP contribution in [0.3, 0.4) is 0 Å². The van der Waals surface area contributed by atoms with Crippen molar-refractivity contribution in [1.82, 2.24) is 0 Å². The van der Waals surface area contributed by atoms with E-state index in [4.69, 9.17) is 13.0 Å². The number of aryl methyl sites for hydroxylation is 1. The van der Waals surface area contributed by atoms with Gasteiger partial charge in [-0.15, -0.1) is 0 Å². The molecule has 6 nitrogen and oxygen atoms in total. The van der Waals surface area contributed by atoms with Gasteiger partial charge >= 0.3 is 32.4 Å². The largest absolute Gasteiger partial charge is 0.741 e. The van der Waals surface area contributed by atoms with Crippen molar-refractivity contribution >= 4 is 15.8 Å². The second-order valence-electron chi connectivity index (χ2n) is 4.46. The van der Waals surface area contributed by atoms with E-state index in [9.17, 15) is 23.3 Å². The first kappa shape index (κ1) is 21.3. The van der Waals surface area contributed by atoms with Crippen molar-refractivity contribution in [3.63, 3.8) is 0 Å². The Morgan fingerprint density at radius 2 is 1.56 bits per heavy atom. The molecule has 0 aliphatic rings. The molecule has 0 bridgehead atoms. The first-order chi connectivity index (χ1) is 11.4. The number of alkyl halides is 3. The van der Waals surface area contributed by atoms with Crippen LogP contribution >= 0.6 is 0 Å². The Kier molecular flexibility index (Phi) is 7.31. The third-order valence-electron chi connectivity index (χ3n) is 2.59. The summed E-state index contributed by atoms with van der Waals surface area (Å²) in [6.07, 6.45) is 0. The van der Waals surface area contributed by atoms with Crippen LogP contribution in [-0.2, 0) is 10.1 Å². The van der Waals surface area contributed by atoms with Crippen LogP contribution in [0.4, 0.5) is 18.9 Å². The van der Waals surface area contributed by atoms with Crippen LogP contribution in [0.25, 0.3) is 0 Å². The van der Waals surface area contributed by atoms with Gasteiger partial charge < -0.3 is 4.55 Å². The molecular weight excluding hydrogens is 478 g/mol. The summed E-state index contributed by atoms with van der Waals surface area (Å²) in [4.78, 5) is 10.7. The van der Waals surface area contributed by atoms with E-state index in [1.165, 1.54) is 3.57 Å². The number of nitro groups is 1. The maximum Gasteiger partial charge on any atom is 0.485 e. The molecular formula is C14H11F3INO5S. The molecule has 0 spiro atoms. The van der Waals surface area contributed by atoms with Crippen molar-refractivity contribution in [3.8, 4) is 0 Å². The summed E-state index contributed by atoms with van der Waals surface area (Å²) >= 11 is -0.490. The molecule has 0 N–H and O–H groups in total. The van der Waals surface area contributed by atoms with Crippen molar-refractivity contribution in [3.05, 3.63) is 71.3 Å². The second kappa shape index (κ2) is 8.58. The van der Waals surface area contributed by atoms with Crippen LogP contribution in [0, 0.1) is 24.2 Å². The van der Waals surface area contributed by atoms with Gasteiger partial charge in [0.1, 0.15) is 0 Å². The number of halogens is 4. The first-order valence-electron chi connectivity index (χ1n) is 6.39. The SMILES string of the molecule is Cc1cccc([N+](=O)[O-])c1[I+]c1ccccc1.O=S(=O)([O-])C(F)(F)F. The third kappa shape index (κ3) is 6.59. The van der Waals surface area contributed by atoms with E-state index in [2.05, 4.69) is 0 Å². The number of rotatable bonds is 3. The molecule has 136 valence electrons. The monoisotopic (exact) mass is 489 g/mol. The summed E-state index contributed by atoms with van der Waals surface area (Å²) in [6, 6.07) is 15.2. The van der Waals surface area contributed by atoms with Gasteiger partial charge in [-0.3, -0.25) is 10.1 Å². The van der Waals surface area contributed by atoms with E-state index in [1.807, 2.05) is 43.3 Å². The van der Waals surface area contributed by atoms with Crippen molar-refractivity contribution in [2.24, 2.45) is 0 Å². The third-order valence-corrected chi connectivity index (χ3v) is 6.44. The zero-order chi connectivity index (χ0) is 19.3. The second-order valence-corrected chi connectivity index (χ2v) is 8.69. The molecule has 0 radical (unpaired) electrons. The van der Waals surface area contributed by atoms with Crippen LogP contribution < -0.4 is 21.2 Å². The normalized spacial score (nSPS) is 11.4. The summed E-state index contributed by atoms with van der Waals surface area (Å²) in [5.41, 5.74) is -4.38. The summed E-state index contributed by atoms with van der Waals surface area (Å²) in [5, 5.41) is 11.0. The molecule has 0 aliphatic heterocycles. The van der Waals surface area contributed by atoms with Gasteiger partial charge in [-0.1, -0.05) is 30.3 Å². The van der Waals surface area contributed by atoms with Gasteiger partial charge in [0.05, 0.1) is 4.92 Å². The molecule has 2 aromatic carbocycles. The fourth-order valence-electron chi connectivity index (χ4n) is 1.48. The van der Waals surface area contributed by atoms with Gasteiger partial charge in [-0.05, 0) is 19.1 Å². The Morgan fingerprint density at radius 1 is 1.04 bits per heavy atom. The lowest BCUT2D eigenvalue weighted by Crippen LogP contribution is -3.61. The molecule has 0 aliphatic carbocycles. The quantitative estimate of drug-likeness (QED) is 0.200. The minimum Gasteiger partial charge on any atom is -0.741 e. The summed E-state index contributed by atoms with van der Waals surface area (Å²) in [6.45, 7) is 1.94. The van der Waals surface area contributed by atoms with E-state index in [0.717, 1.165) is 9.13 Å². The fraction of sp³-hybridized carbons (Fsp3) is 0.143. The molecule has 0 atom stereocenters. The van der Waals surface area contributed by atoms with E-state index in [-0.39, 0.29) is 10.6 Å². The van der Waals surface area contributed by atoms with Gasteiger partial charge in [-0.25, -0.2) is 8.42 Å². The zero-order valence-electron chi connectivity index (χ0n) is 12.5. The number of nitro benzene ring substituents is 1. The van der Waals surface area contributed by atoms with E-state index in [0.29, 0.717) is 0 Å². The lowest BCUT2D eigenvalue weighted by atomic mass is 10.2. The van der Waals surface area contributed by atoms with Crippen molar-refractivity contribution in [2.45, 2.75) is 12.4 Å². The molecule has 2 rings (SSSR count). The van der Waals surface area contributed by atoms with E-state index < -0.39 is 36.8 Å². The Hall–Kier alpha value is -1.73. The van der Waals surface area contributed by atoms with Crippen LogP contribution in [0.1, 0.15) is 5.56 Å². The van der Waals surface area contributed by atoms with E-state index in [1.54, 1.807) is 12.1 Å². The minimum absolute atomic E-state index is 0.252. The molecule has 0 saturated heterocycles. The Bertz CT molecular complexity index is 841. The average Bonchev–Trinajstić information content (AvgIpc) is 2.49. The lowest BCUT2D eigenvalue weighted by molar-refractivity contribution is -0.605. The molecule has 0 amide bonds. The maximum absolute atomic E-state index is 11.0.